The van der Waals surface area contributed by atoms with Crippen molar-refractivity contribution in [1.29, 1.82) is 0 Å². The van der Waals surface area contributed by atoms with Crippen molar-refractivity contribution in [3.8, 4) is 0 Å². The maximum Gasteiger partial charge on any atom is 0.254 e. The summed E-state index contributed by atoms with van der Waals surface area (Å²) in [5.41, 5.74) is 4.16. The number of aromatic nitrogens is 2. The molecule has 2 aromatic heterocycles. The van der Waals surface area contributed by atoms with Gasteiger partial charge in [-0.05, 0) is 57.4 Å². The highest BCUT2D eigenvalue weighted by Crippen LogP contribution is 2.19. The van der Waals surface area contributed by atoms with Crippen LogP contribution < -0.4 is 16.4 Å². The molecule has 3 aromatic rings. The zero-order valence-electron chi connectivity index (χ0n) is 18.0. The largest absolute Gasteiger partial charge is 0.348 e. The van der Waals surface area contributed by atoms with Crippen LogP contribution in [0.4, 0.5) is 0 Å². The van der Waals surface area contributed by atoms with Crippen LogP contribution in [-0.4, -0.2) is 15.5 Å². The number of pyridine rings is 2. The topological polar surface area (TPSA) is 84.0 Å². The van der Waals surface area contributed by atoms with Gasteiger partial charge in [0.15, 0.2) is 0 Å². The van der Waals surface area contributed by atoms with Crippen molar-refractivity contribution in [1.82, 2.24) is 14.9 Å². The third-order valence-corrected chi connectivity index (χ3v) is 5.50. The first kappa shape index (κ1) is 21.3. The normalized spacial score (nSPS) is 11.9. The molecule has 0 radical (unpaired) electrons. The van der Waals surface area contributed by atoms with Gasteiger partial charge < -0.3 is 14.9 Å². The van der Waals surface area contributed by atoms with E-state index in [0.29, 0.717) is 22.3 Å². The first-order valence-corrected chi connectivity index (χ1v) is 9.95. The number of rotatable bonds is 5. The second-order valence-electron chi connectivity index (χ2n) is 7.74. The minimum Gasteiger partial charge on any atom is -0.348 e. The molecule has 1 atom stereocenters. The van der Waals surface area contributed by atoms with E-state index < -0.39 is 0 Å². The Hall–Kier alpha value is -3.41. The number of benzene rings is 1. The molecule has 0 spiro atoms. The van der Waals surface area contributed by atoms with Crippen molar-refractivity contribution in [3.05, 3.63) is 102 Å². The number of nitrogens with zero attached hydrogens (tertiary/aromatic N) is 1. The van der Waals surface area contributed by atoms with Crippen molar-refractivity contribution in [2.45, 2.75) is 47.2 Å². The molecule has 0 saturated heterocycles. The fourth-order valence-electron chi connectivity index (χ4n) is 3.82. The Labute approximate surface area is 175 Å². The monoisotopic (exact) mass is 405 g/mol. The second kappa shape index (κ2) is 8.53. The van der Waals surface area contributed by atoms with Gasteiger partial charge in [0, 0.05) is 29.6 Å². The molecule has 2 heterocycles. The molecular formula is C24H27N3O3. The number of amides is 1. The molecular weight excluding hydrogens is 378 g/mol. The number of carbonyl (C=O) groups excluding carboxylic acids is 1. The Morgan fingerprint density at radius 2 is 1.73 bits per heavy atom. The Morgan fingerprint density at radius 1 is 1.07 bits per heavy atom. The molecule has 0 bridgehead atoms. The lowest BCUT2D eigenvalue weighted by Crippen LogP contribution is -2.33. The van der Waals surface area contributed by atoms with Gasteiger partial charge in [0.05, 0.1) is 11.6 Å². The van der Waals surface area contributed by atoms with Gasteiger partial charge in [-0.2, -0.15) is 0 Å². The van der Waals surface area contributed by atoms with Crippen LogP contribution in [0.2, 0.25) is 0 Å². The van der Waals surface area contributed by atoms with E-state index in [0.717, 1.165) is 16.8 Å². The summed E-state index contributed by atoms with van der Waals surface area (Å²) in [5.74, 6) is -0.360. The highest BCUT2D eigenvalue weighted by atomic mass is 16.2. The molecule has 6 heteroatoms. The van der Waals surface area contributed by atoms with Gasteiger partial charge in [-0.3, -0.25) is 14.4 Å². The quantitative estimate of drug-likeness (QED) is 0.683. The average molecular weight is 405 g/mol. The molecule has 3 rings (SSSR count). The van der Waals surface area contributed by atoms with Crippen LogP contribution in [0.15, 0.2) is 52.2 Å². The Bertz CT molecular complexity index is 1210. The van der Waals surface area contributed by atoms with Gasteiger partial charge >= 0.3 is 0 Å². The number of hydrogen-bond donors (Lipinski definition) is 2. The van der Waals surface area contributed by atoms with Gasteiger partial charge in [0.2, 0.25) is 0 Å². The number of nitrogens with one attached hydrogen (secondary N) is 2. The SMILES string of the molecule is Cc1cc(C)c(CNC(=O)c2c(C)cn(C(C)c3ccccc3)c(=O)c2C)c(=O)[nH]1. The van der Waals surface area contributed by atoms with E-state index in [2.05, 4.69) is 10.3 Å². The summed E-state index contributed by atoms with van der Waals surface area (Å²) in [5, 5.41) is 2.80. The van der Waals surface area contributed by atoms with Crippen molar-refractivity contribution in [2.75, 3.05) is 0 Å². The van der Waals surface area contributed by atoms with E-state index in [4.69, 9.17) is 0 Å². The van der Waals surface area contributed by atoms with Gasteiger partial charge in [-0.15, -0.1) is 0 Å². The van der Waals surface area contributed by atoms with Crippen LogP contribution in [0.5, 0.6) is 0 Å². The third-order valence-electron chi connectivity index (χ3n) is 5.50. The summed E-state index contributed by atoms with van der Waals surface area (Å²) >= 11 is 0. The Balaban J connectivity index is 1.90. The minimum atomic E-state index is -0.360. The minimum absolute atomic E-state index is 0.0999. The fraction of sp³-hybridized carbons (Fsp3) is 0.292. The predicted molar refractivity (Wildman–Crippen MR) is 118 cm³/mol. The van der Waals surface area contributed by atoms with Gasteiger partial charge in [-0.25, -0.2) is 0 Å². The average Bonchev–Trinajstić information content (AvgIpc) is 2.70. The summed E-state index contributed by atoms with van der Waals surface area (Å²) in [4.78, 5) is 40.8. The summed E-state index contributed by atoms with van der Waals surface area (Å²) in [7, 11) is 0. The lowest BCUT2D eigenvalue weighted by Gasteiger charge is -2.19. The summed E-state index contributed by atoms with van der Waals surface area (Å²) < 4.78 is 1.66. The molecule has 0 saturated carbocycles. The number of aryl methyl sites for hydroxylation is 3. The number of aromatic amines is 1. The molecule has 1 unspecified atom stereocenters. The number of hydrogen-bond acceptors (Lipinski definition) is 3. The zero-order chi connectivity index (χ0) is 22.0. The molecule has 2 N–H and O–H groups in total. The van der Waals surface area contributed by atoms with Crippen LogP contribution in [0.1, 0.15) is 56.8 Å². The van der Waals surface area contributed by atoms with E-state index >= 15 is 0 Å². The molecule has 1 amide bonds. The Morgan fingerprint density at radius 3 is 2.37 bits per heavy atom. The molecule has 1 aromatic carbocycles. The maximum atomic E-state index is 13.0. The van der Waals surface area contributed by atoms with Gasteiger partial charge in [0.25, 0.3) is 17.0 Å². The molecule has 156 valence electrons. The highest BCUT2D eigenvalue weighted by molar-refractivity contribution is 5.96. The van der Waals surface area contributed by atoms with E-state index in [1.807, 2.05) is 64.1 Å². The standard InChI is InChI=1S/C24H27N3O3/c1-14-11-16(3)26-22(28)20(14)12-25-23(29)21-15(2)13-27(24(30)17(21)4)18(5)19-9-7-6-8-10-19/h6-11,13,18H,12H2,1-5H3,(H,25,29)(H,26,28). The van der Waals surface area contributed by atoms with Crippen LogP contribution in [0.3, 0.4) is 0 Å². The van der Waals surface area contributed by atoms with Crippen LogP contribution in [-0.2, 0) is 6.54 Å². The van der Waals surface area contributed by atoms with Crippen LogP contribution in [0, 0.1) is 27.7 Å². The van der Waals surface area contributed by atoms with E-state index in [1.54, 1.807) is 17.7 Å². The van der Waals surface area contributed by atoms with Crippen molar-refractivity contribution < 1.29 is 4.79 Å². The smallest absolute Gasteiger partial charge is 0.254 e. The summed E-state index contributed by atoms with van der Waals surface area (Å²) in [6.07, 6.45) is 1.73. The van der Waals surface area contributed by atoms with Crippen LogP contribution >= 0.6 is 0 Å². The fourth-order valence-corrected chi connectivity index (χ4v) is 3.82. The maximum absolute atomic E-state index is 13.0. The first-order valence-electron chi connectivity index (χ1n) is 9.95. The third kappa shape index (κ3) is 4.13. The molecule has 0 aliphatic heterocycles. The molecule has 0 aliphatic carbocycles. The number of H-pyrrole nitrogens is 1. The van der Waals surface area contributed by atoms with Gasteiger partial charge in [-0.1, -0.05) is 30.3 Å². The second-order valence-corrected chi connectivity index (χ2v) is 7.74. The summed E-state index contributed by atoms with van der Waals surface area (Å²) in [6, 6.07) is 11.5. The highest BCUT2D eigenvalue weighted by Gasteiger charge is 2.20. The summed E-state index contributed by atoms with van der Waals surface area (Å²) in [6.45, 7) is 9.20. The van der Waals surface area contributed by atoms with Gasteiger partial charge in [0.1, 0.15) is 0 Å². The lowest BCUT2D eigenvalue weighted by molar-refractivity contribution is 0.0949. The van der Waals surface area contributed by atoms with E-state index in [1.165, 1.54) is 0 Å². The van der Waals surface area contributed by atoms with Crippen molar-refractivity contribution in [3.63, 3.8) is 0 Å². The first-order chi connectivity index (χ1) is 14.2. The predicted octanol–water partition coefficient (Wildman–Crippen LogP) is 3.31. The molecule has 6 nitrogen and oxygen atoms in total. The zero-order valence-corrected chi connectivity index (χ0v) is 18.0. The lowest BCUT2D eigenvalue weighted by atomic mass is 10.0. The molecule has 0 fully saturated rings. The Kier molecular flexibility index (Phi) is 6.06. The number of carbonyl (C=O) groups is 1. The van der Waals surface area contributed by atoms with Crippen molar-refractivity contribution >= 4 is 5.91 Å². The van der Waals surface area contributed by atoms with Crippen molar-refractivity contribution in [2.24, 2.45) is 0 Å². The molecule has 30 heavy (non-hydrogen) atoms. The van der Waals surface area contributed by atoms with Crippen LogP contribution in [0.25, 0.3) is 0 Å². The molecule has 0 aliphatic rings. The van der Waals surface area contributed by atoms with E-state index in [9.17, 15) is 14.4 Å². The van der Waals surface area contributed by atoms with E-state index in [-0.39, 0.29) is 29.6 Å².